The van der Waals surface area contributed by atoms with Gasteiger partial charge in [0.1, 0.15) is 56.9 Å². The Bertz CT molecular complexity index is 1680. The van der Waals surface area contributed by atoms with Gasteiger partial charge in [0.05, 0.1) is 0 Å². The lowest BCUT2D eigenvalue weighted by Crippen LogP contribution is -2.29. The molecule has 0 bridgehead atoms. The minimum absolute atomic E-state index is 0.0242. The number of esters is 3. The summed E-state index contributed by atoms with van der Waals surface area (Å²) >= 11 is 0. The SMILES string of the molecule is C=C(C)C(=O)OCCOc1ccccc1C(C)(CC)c1cccc(C(C)(CC)c2ccccc2OCCOC(=O)C(=C)C)c1OCCOC(=O)C(=C)C. The molecule has 0 aromatic heterocycles. The van der Waals surface area contributed by atoms with E-state index in [1.807, 2.05) is 54.6 Å². The van der Waals surface area contributed by atoms with Gasteiger partial charge < -0.3 is 28.4 Å². The third-order valence-corrected chi connectivity index (χ3v) is 9.34. The topological polar surface area (TPSA) is 107 Å². The maximum Gasteiger partial charge on any atom is 0.333 e. The van der Waals surface area contributed by atoms with Crippen molar-refractivity contribution in [3.63, 3.8) is 0 Å². The zero-order valence-electron chi connectivity index (χ0n) is 32.3. The number of carbonyl (C=O) groups excluding carboxylic acids is 3. The Morgan fingerprint density at radius 2 is 0.811 bits per heavy atom. The predicted octanol–water partition coefficient (Wildman–Crippen LogP) is 8.61. The molecule has 0 aliphatic heterocycles. The van der Waals surface area contributed by atoms with Crippen LogP contribution in [-0.2, 0) is 39.4 Å². The minimum atomic E-state index is -0.622. The van der Waals surface area contributed by atoms with Crippen molar-refractivity contribution >= 4 is 17.9 Å². The normalized spacial score (nSPS) is 13.0. The third kappa shape index (κ3) is 10.6. The average Bonchev–Trinajstić information content (AvgIpc) is 3.15. The molecule has 3 aromatic carbocycles. The summed E-state index contributed by atoms with van der Waals surface area (Å²) in [5.74, 6) is 0.537. The number of para-hydroxylation sites is 3. The molecular formula is C44H54O9. The molecule has 3 rings (SSSR count). The first-order chi connectivity index (χ1) is 25.2. The number of rotatable bonds is 21. The molecule has 9 nitrogen and oxygen atoms in total. The summed E-state index contributed by atoms with van der Waals surface area (Å²) in [7, 11) is 0. The first kappa shape index (κ1) is 42.1. The van der Waals surface area contributed by atoms with Crippen LogP contribution in [0.5, 0.6) is 17.2 Å². The summed E-state index contributed by atoms with van der Waals surface area (Å²) in [5, 5.41) is 0. The van der Waals surface area contributed by atoms with Crippen LogP contribution in [0.4, 0.5) is 0 Å². The highest BCUT2D eigenvalue weighted by Gasteiger charge is 2.39. The standard InChI is InChI=1S/C44H54O9/c1-11-43(9,33-18-13-15-22-37(33)48-24-27-51-40(45)30(3)4)35-20-17-21-36(39(35)50-26-29-53-42(47)32(7)8)44(10,12-2)34-19-14-16-23-38(34)49-25-28-52-41(46)31(5)6/h13-23H,3,5,7,11-12,24-29H2,1-2,4,6,8-10H3. The third-order valence-electron chi connectivity index (χ3n) is 9.34. The Hall–Kier alpha value is -5.31. The quantitative estimate of drug-likeness (QED) is 0.0462. The van der Waals surface area contributed by atoms with E-state index in [9.17, 15) is 14.4 Å². The number of benzene rings is 3. The van der Waals surface area contributed by atoms with Crippen molar-refractivity contribution < 1.29 is 42.8 Å². The molecule has 0 radical (unpaired) electrons. The van der Waals surface area contributed by atoms with E-state index in [4.69, 9.17) is 28.4 Å². The molecule has 9 heteroatoms. The summed E-state index contributed by atoms with van der Waals surface area (Å²) in [6.45, 7) is 24.9. The van der Waals surface area contributed by atoms with Gasteiger partial charge in [-0.1, -0.05) is 102 Å². The molecule has 2 atom stereocenters. The van der Waals surface area contributed by atoms with E-state index in [-0.39, 0.29) is 39.6 Å². The number of hydrogen-bond acceptors (Lipinski definition) is 9. The van der Waals surface area contributed by atoms with Crippen molar-refractivity contribution in [2.24, 2.45) is 0 Å². The molecule has 0 aliphatic rings. The molecule has 0 fully saturated rings. The van der Waals surface area contributed by atoms with E-state index in [0.717, 1.165) is 22.3 Å². The largest absolute Gasteiger partial charge is 0.490 e. The molecular weight excluding hydrogens is 672 g/mol. The van der Waals surface area contributed by atoms with Crippen LogP contribution < -0.4 is 14.2 Å². The highest BCUT2D eigenvalue weighted by molar-refractivity contribution is 5.87. The van der Waals surface area contributed by atoms with Gasteiger partial charge >= 0.3 is 17.9 Å². The van der Waals surface area contributed by atoms with Crippen molar-refractivity contribution in [2.45, 2.75) is 72.1 Å². The first-order valence-electron chi connectivity index (χ1n) is 17.9. The smallest absolute Gasteiger partial charge is 0.333 e. The fourth-order valence-electron chi connectivity index (χ4n) is 5.93. The summed E-state index contributed by atoms with van der Waals surface area (Å²) in [4.78, 5) is 36.1. The molecule has 0 aliphatic carbocycles. The lowest BCUT2D eigenvalue weighted by atomic mass is 9.68. The van der Waals surface area contributed by atoms with Crippen LogP contribution in [0.25, 0.3) is 0 Å². The molecule has 0 amide bonds. The Morgan fingerprint density at radius 1 is 0.491 bits per heavy atom. The van der Waals surface area contributed by atoms with Crippen LogP contribution in [0.2, 0.25) is 0 Å². The van der Waals surface area contributed by atoms with Crippen molar-refractivity contribution in [1.29, 1.82) is 0 Å². The van der Waals surface area contributed by atoms with Crippen molar-refractivity contribution in [3.05, 3.63) is 125 Å². The minimum Gasteiger partial charge on any atom is -0.490 e. The second kappa shape index (κ2) is 19.5. The van der Waals surface area contributed by atoms with E-state index in [1.165, 1.54) is 0 Å². The molecule has 0 heterocycles. The molecule has 53 heavy (non-hydrogen) atoms. The lowest BCUT2D eigenvalue weighted by molar-refractivity contribution is -0.140. The highest BCUT2D eigenvalue weighted by Crippen LogP contribution is 2.50. The van der Waals surface area contributed by atoms with Crippen LogP contribution in [-0.4, -0.2) is 57.5 Å². The van der Waals surface area contributed by atoms with Gasteiger partial charge in [-0.2, -0.15) is 0 Å². The van der Waals surface area contributed by atoms with Crippen LogP contribution in [0, 0.1) is 0 Å². The van der Waals surface area contributed by atoms with Gasteiger partial charge in [0.15, 0.2) is 0 Å². The van der Waals surface area contributed by atoms with Gasteiger partial charge in [-0.15, -0.1) is 0 Å². The maximum absolute atomic E-state index is 12.2. The molecule has 284 valence electrons. The molecule has 2 unspecified atom stereocenters. The highest BCUT2D eigenvalue weighted by atomic mass is 16.6. The van der Waals surface area contributed by atoms with Crippen molar-refractivity contribution in [3.8, 4) is 17.2 Å². The molecule has 3 aromatic rings. The number of carbonyl (C=O) groups is 3. The number of ether oxygens (including phenoxy) is 6. The van der Waals surface area contributed by atoms with Crippen LogP contribution in [0.3, 0.4) is 0 Å². The fraction of sp³-hybridized carbons (Fsp3) is 0.386. The van der Waals surface area contributed by atoms with Crippen LogP contribution in [0.1, 0.15) is 83.6 Å². The van der Waals surface area contributed by atoms with E-state index in [2.05, 4.69) is 59.6 Å². The fourth-order valence-corrected chi connectivity index (χ4v) is 5.93. The summed E-state index contributed by atoms with van der Waals surface area (Å²) in [6, 6.07) is 21.8. The van der Waals surface area contributed by atoms with E-state index < -0.39 is 28.7 Å². The summed E-state index contributed by atoms with van der Waals surface area (Å²) in [5.41, 5.74) is 3.39. The molecule has 0 N–H and O–H groups in total. The van der Waals surface area contributed by atoms with Gasteiger partial charge in [-0.3, -0.25) is 0 Å². The van der Waals surface area contributed by atoms with Crippen molar-refractivity contribution in [1.82, 2.24) is 0 Å². The maximum atomic E-state index is 12.2. The predicted molar refractivity (Wildman–Crippen MR) is 207 cm³/mol. The van der Waals surface area contributed by atoms with Crippen molar-refractivity contribution in [2.75, 3.05) is 39.6 Å². The van der Waals surface area contributed by atoms with E-state index in [1.54, 1.807) is 20.8 Å². The Labute approximate surface area is 314 Å². The first-order valence-corrected chi connectivity index (χ1v) is 17.9. The van der Waals surface area contributed by atoms with Gasteiger partial charge in [0.25, 0.3) is 0 Å². The molecule has 0 saturated heterocycles. The zero-order valence-corrected chi connectivity index (χ0v) is 32.3. The molecule has 0 spiro atoms. The second-order valence-electron chi connectivity index (χ2n) is 13.3. The lowest BCUT2D eigenvalue weighted by Gasteiger charge is -2.37. The number of hydrogen-bond donors (Lipinski definition) is 0. The van der Waals surface area contributed by atoms with Gasteiger partial charge in [0, 0.05) is 49.8 Å². The Morgan fingerprint density at radius 3 is 1.15 bits per heavy atom. The van der Waals surface area contributed by atoms with E-state index >= 15 is 0 Å². The monoisotopic (exact) mass is 726 g/mol. The summed E-state index contributed by atoms with van der Waals surface area (Å²) in [6.07, 6.45) is 1.35. The second-order valence-corrected chi connectivity index (χ2v) is 13.3. The van der Waals surface area contributed by atoms with Gasteiger partial charge in [0.2, 0.25) is 0 Å². The average molecular weight is 727 g/mol. The molecule has 0 saturated carbocycles. The van der Waals surface area contributed by atoms with Crippen LogP contribution in [0.15, 0.2) is 103 Å². The van der Waals surface area contributed by atoms with E-state index in [0.29, 0.717) is 46.8 Å². The van der Waals surface area contributed by atoms with Gasteiger partial charge in [-0.25, -0.2) is 14.4 Å². The summed E-state index contributed by atoms with van der Waals surface area (Å²) < 4.78 is 35.1. The Balaban J connectivity index is 2.12. The zero-order chi connectivity index (χ0) is 39.2. The Kier molecular flexibility index (Phi) is 15.5. The van der Waals surface area contributed by atoms with Gasteiger partial charge in [-0.05, 0) is 45.7 Å². The van der Waals surface area contributed by atoms with Crippen LogP contribution >= 0.6 is 0 Å².